The Labute approximate surface area is 186 Å². The van der Waals surface area contributed by atoms with E-state index in [0.29, 0.717) is 39.7 Å². The third-order valence-corrected chi connectivity index (χ3v) is 6.72. The van der Waals surface area contributed by atoms with Crippen molar-refractivity contribution in [2.75, 3.05) is 5.75 Å². The van der Waals surface area contributed by atoms with Crippen molar-refractivity contribution in [3.63, 3.8) is 0 Å². The molecule has 0 aliphatic carbocycles. The van der Waals surface area contributed by atoms with E-state index in [0.717, 1.165) is 5.56 Å². The van der Waals surface area contributed by atoms with Crippen molar-refractivity contribution in [3.8, 4) is 23.0 Å². The molecule has 0 bridgehead atoms. The Hall–Kier alpha value is -2.71. The lowest BCUT2D eigenvalue weighted by Crippen LogP contribution is -2.18. The zero-order valence-electron chi connectivity index (χ0n) is 17.8. The number of hydrogen-bond acceptors (Lipinski definition) is 6. The number of para-hydroxylation sites is 1. The maximum atomic E-state index is 12.4. The molecule has 0 amide bonds. The van der Waals surface area contributed by atoms with Gasteiger partial charge in [-0.1, -0.05) is 30.7 Å². The number of ether oxygens (including phenoxy) is 1. The predicted molar refractivity (Wildman–Crippen MR) is 121 cm³/mol. The van der Waals surface area contributed by atoms with E-state index in [1.54, 1.807) is 44.4 Å². The SMILES string of the molecule is CCCS(=O)(=O)Cc1cc(-c2cc(C)c(=O)n(C)c2)nc(Oc2c(C)cccc2Cl)n1. The molecule has 0 unspecified atom stereocenters. The third-order valence-electron chi connectivity index (χ3n) is 4.66. The summed E-state index contributed by atoms with van der Waals surface area (Å²) in [6, 6.07) is 8.64. The van der Waals surface area contributed by atoms with E-state index >= 15 is 0 Å². The second-order valence-corrected chi connectivity index (χ2v) is 10.0. The summed E-state index contributed by atoms with van der Waals surface area (Å²) in [4.78, 5) is 20.9. The lowest BCUT2D eigenvalue weighted by Gasteiger charge is -2.13. The average Bonchev–Trinajstić information content (AvgIpc) is 2.68. The minimum Gasteiger partial charge on any atom is -0.422 e. The normalized spacial score (nSPS) is 11.5. The molecule has 0 saturated heterocycles. The molecule has 164 valence electrons. The third kappa shape index (κ3) is 5.51. The maximum Gasteiger partial charge on any atom is 0.322 e. The second kappa shape index (κ2) is 9.20. The summed E-state index contributed by atoms with van der Waals surface area (Å²) in [5, 5.41) is 0.395. The lowest BCUT2D eigenvalue weighted by molar-refractivity contribution is 0.438. The number of hydrogen-bond donors (Lipinski definition) is 0. The lowest BCUT2D eigenvalue weighted by atomic mass is 10.1. The first-order valence-corrected chi connectivity index (χ1v) is 12.0. The number of sulfone groups is 1. The topological polar surface area (TPSA) is 91.2 Å². The summed E-state index contributed by atoms with van der Waals surface area (Å²) in [7, 11) is -1.69. The van der Waals surface area contributed by atoms with Gasteiger partial charge in [-0.15, -0.1) is 0 Å². The summed E-state index contributed by atoms with van der Waals surface area (Å²) in [5.41, 5.74) is 2.63. The number of aryl methyl sites for hydroxylation is 3. The number of nitrogens with zero attached hydrogens (tertiary/aromatic N) is 3. The summed E-state index contributed by atoms with van der Waals surface area (Å²) in [5.74, 6) is 0.227. The van der Waals surface area contributed by atoms with Crippen LogP contribution in [-0.4, -0.2) is 28.7 Å². The summed E-state index contributed by atoms with van der Waals surface area (Å²) < 4.78 is 32.2. The van der Waals surface area contributed by atoms with Gasteiger partial charge in [0.2, 0.25) is 0 Å². The molecule has 3 aromatic rings. The highest BCUT2D eigenvalue weighted by atomic mass is 35.5. The van der Waals surface area contributed by atoms with Gasteiger partial charge in [-0.25, -0.2) is 8.42 Å². The van der Waals surface area contributed by atoms with Crippen molar-refractivity contribution in [1.29, 1.82) is 0 Å². The van der Waals surface area contributed by atoms with E-state index in [9.17, 15) is 13.2 Å². The van der Waals surface area contributed by atoms with Gasteiger partial charge in [0.05, 0.1) is 27.9 Å². The molecule has 1 aromatic carbocycles. The highest BCUT2D eigenvalue weighted by Crippen LogP contribution is 2.32. The van der Waals surface area contributed by atoms with Crippen molar-refractivity contribution in [2.45, 2.75) is 32.9 Å². The number of pyridine rings is 1. The van der Waals surface area contributed by atoms with Crippen LogP contribution in [0.1, 0.15) is 30.2 Å². The fourth-order valence-corrected chi connectivity index (χ4v) is 4.83. The zero-order chi connectivity index (χ0) is 22.8. The molecule has 0 aliphatic heterocycles. The minimum absolute atomic E-state index is 0.0121. The van der Waals surface area contributed by atoms with Gasteiger partial charge in [-0.3, -0.25) is 4.79 Å². The van der Waals surface area contributed by atoms with Crippen LogP contribution in [-0.2, 0) is 22.6 Å². The molecular weight excluding hydrogens is 438 g/mol. The van der Waals surface area contributed by atoms with Crippen LogP contribution in [0.2, 0.25) is 5.02 Å². The van der Waals surface area contributed by atoms with Crippen molar-refractivity contribution >= 4 is 21.4 Å². The monoisotopic (exact) mass is 461 g/mol. The van der Waals surface area contributed by atoms with Crippen molar-refractivity contribution in [3.05, 3.63) is 68.7 Å². The van der Waals surface area contributed by atoms with Crippen LogP contribution < -0.4 is 10.3 Å². The van der Waals surface area contributed by atoms with Crippen molar-refractivity contribution in [1.82, 2.24) is 14.5 Å². The Balaban J connectivity index is 2.13. The summed E-state index contributed by atoms with van der Waals surface area (Å²) in [6.07, 6.45) is 2.16. The van der Waals surface area contributed by atoms with E-state index in [1.165, 1.54) is 4.57 Å². The average molecular weight is 462 g/mol. The first-order chi connectivity index (χ1) is 14.6. The Bertz CT molecular complexity index is 1240. The van der Waals surface area contributed by atoms with Crippen LogP contribution in [0.3, 0.4) is 0 Å². The Morgan fingerprint density at radius 1 is 1.13 bits per heavy atom. The first kappa shape index (κ1) is 23.0. The molecule has 0 aliphatic rings. The van der Waals surface area contributed by atoms with Crippen LogP contribution in [0.5, 0.6) is 11.8 Å². The molecule has 2 aromatic heterocycles. The van der Waals surface area contributed by atoms with E-state index in [-0.39, 0.29) is 23.1 Å². The quantitative estimate of drug-likeness (QED) is 0.523. The van der Waals surface area contributed by atoms with E-state index in [4.69, 9.17) is 16.3 Å². The first-order valence-electron chi connectivity index (χ1n) is 9.78. The van der Waals surface area contributed by atoms with Crippen LogP contribution >= 0.6 is 11.6 Å². The van der Waals surface area contributed by atoms with Crippen molar-refractivity contribution < 1.29 is 13.2 Å². The van der Waals surface area contributed by atoms with Crippen LogP contribution in [0.15, 0.2) is 41.3 Å². The van der Waals surface area contributed by atoms with Gasteiger partial charge in [0.25, 0.3) is 5.56 Å². The molecule has 0 saturated carbocycles. The number of rotatable bonds is 7. The minimum atomic E-state index is -3.34. The molecule has 0 radical (unpaired) electrons. The number of benzene rings is 1. The molecule has 0 atom stereocenters. The van der Waals surface area contributed by atoms with E-state index in [1.807, 2.05) is 19.9 Å². The van der Waals surface area contributed by atoms with Gasteiger partial charge in [-0.05, 0) is 44.0 Å². The molecule has 7 nitrogen and oxygen atoms in total. The van der Waals surface area contributed by atoms with Gasteiger partial charge < -0.3 is 9.30 Å². The summed E-state index contributed by atoms with van der Waals surface area (Å²) in [6.45, 7) is 5.36. The van der Waals surface area contributed by atoms with Gasteiger partial charge in [0.1, 0.15) is 0 Å². The second-order valence-electron chi connectivity index (χ2n) is 7.43. The molecule has 0 spiro atoms. The number of aromatic nitrogens is 3. The molecule has 2 heterocycles. The van der Waals surface area contributed by atoms with Gasteiger partial charge >= 0.3 is 6.01 Å². The van der Waals surface area contributed by atoms with Gasteiger partial charge in [-0.2, -0.15) is 9.97 Å². The van der Waals surface area contributed by atoms with E-state index < -0.39 is 9.84 Å². The van der Waals surface area contributed by atoms with Crippen molar-refractivity contribution in [2.24, 2.45) is 7.05 Å². The Morgan fingerprint density at radius 2 is 1.87 bits per heavy atom. The highest BCUT2D eigenvalue weighted by Gasteiger charge is 2.17. The Morgan fingerprint density at radius 3 is 2.52 bits per heavy atom. The molecular formula is C22H24ClN3O4S. The fraction of sp³-hybridized carbons (Fsp3) is 0.318. The van der Waals surface area contributed by atoms with Crippen LogP contribution in [0.25, 0.3) is 11.3 Å². The zero-order valence-corrected chi connectivity index (χ0v) is 19.4. The van der Waals surface area contributed by atoms with Crippen LogP contribution in [0, 0.1) is 13.8 Å². The molecule has 0 N–H and O–H groups in total. The molecule has 9 heteroatoms. The van der Waals surface area contributed by atoms with E-state index in [2.05, 4.69) is 9.97 Å². The predicted octanol–water partition coefficient (Wildman–Crippen LogP) is 4.23. The van der Waals surface area contributed by atoms with Gasteiger partial charge in [0, 0.05) is 24.4 Å². The summed E-state index contributed by atoms with van der Waals surface area (Å²) >= 11 is 6.27. The molecule has 0 fully saturated rings. The Kier molecular flexibility index (Phi) is 6.81. The standard InChI is InChI=1S/C22H24ClN3O4S/c1-5-9-31(28,29)13-17-11-19(16-10-15(3)21(27)26(4)12-16)25-22(24-17)30-20-14(2)7-6-8-18(20)23/h6-8,10-12H,5,9,13H2,1-4H3. The smallest absolute Gasteiger partial charge is 0.322 e. The molecule has 3 rings (SSSR count). The fourth-order valence-electron chi connectivity index (χ4n) is 3.20. The molecule has 31 heavy (non-hydrogen) atoms. The number of halogens is 1. The highest BCUT2D eigenvalue weighted by molar-refractivity contribution is 7.90. The maximum absolute atomic E-state index is 12.4. The van der Waals surface area contributed by atoms with Crippen LogP contribution in [0.4, 0.5) is 0 Å². The largest absolute Gasteiger partial charge is 0.422 e. The van der Waals surface area contributed by atoms with Gasteiger partial charge in [0.15, 0.2) is 15.6 Å².